The number of hydrogen-bond donors (Lipinski definition) is 3. The molecule has 0 bridgehead atoms. The lowest BCUT2D eigenvalue weighted by Crippen LogP contribution is -2.46. The quantitative estimate of drug-likeness (QED) is 0.514. The first-order valence-electron chi connectivity index (χ1n) is 12.5. The normalized spacial score (nSPS) is 19.1. The molecular formula is C25H37BN6O2. The van der Waals surface area contributed by atoms with E-state index in [1.165, 1.54) is 0 Å². The summed E-state index contributed by atoms with van der Waals surface area (Å²) in [6.45, 7) is 6.59. The van der Waals surface area contributed by atoms with Gasteiger partial charge in [0.25, 0.3) is 0 Å². The van der Waals surface area contributed by atoms with Gasteiger partial charge in [-0.15, -0.1) is 0 Å². The van der Waals surface area contributed by atoms with Crippen LogP contribution in [-0.2, 0) is 11.3 Å². The minimum Gasteiger partial charge on any atom is -0.433 e. The van der Waals surface area contributed by atoms with E-state index in [0.717, 1.165) is 69.7 Å². The Morgan fingerprint density at radius 2 is 1.91 bits per heavy atom. The van der Waals surface area contributed by atoms with Gasteiger partial charge in [0.15, 0.2) is 0 Å². The molecule has 4 heterocycles. The van der Waals surface area contributed by atoms with Gasteiger partial charge in [-0.3, -0.25) is 14.7 Å². The number of nitrogens with two attached hydrogens (primary N) is 1. The van der Waals surface area contributed by atoms with Crippen LogP contribution in [0.2, 0.25) is 6.82 Å². The van der Waals surface area contributed by atoms with Crippen LogP contribution in [0.3, 0.4) is 0 Å². The Hall–Kier alpha value is -2.49. The maximum absolute atomic E-state index is 13.2. The summed E-state index contributed by atoms with van der Waals surface area (Å²) in [5, 5.41) is 12.4. The molecule has 2 aliphatic rings. The third kappa shape index (κ3) is 6.34. The molecule has 4 N–H and O–H groups in total. The minimum absolute atomic E-state index is 0.124. The van der Waals surface area contributed by atoms with E-state index in [-0.39, 0.29) is 11.8 Å². The lowest BCUT2D eigenvalue weighted by Gasteiger charge is -2.39. The number of nitrogens with zero attached hydrogens (tertiary/aromatic N) is 4. The molecule has 1 unspecified atom stereocenters. The Morgan fingerprint density at radius 1 is 1.15 bits per heavy atom. The zero-order valence-corrected chi connectivity index (χ0v) is 20.1. The Bertz CT molecular complexity index is 915. The van der Waals surface area contributed by atoms with Crippen molar-refractivity contribution in [2.75, 3.05) is 38.0 Å². The van der Waals surface area contributed by atoms with Crippen LogP contribution in [0.25, 0.3) is 0 Å². The Kier molecular flexibility index (Phi) is 8.53. The number of piperidine rings is 2. The first-order valence-corrected chi connectivity index (χ1v) is 12.5. The van der Waals surface area contributed by atoms with Gasteiger partial charge in [-0.25, -0.2) is 4.98 Å². The van der Waals surface area contributed by atoms with Crippen LogP contribution in [0.15, 0.2) is 42.7 Å². The fourth-order valence-corrected chi connectivity index (χ4v) is 5.39. The highest BCUT2D eigenvalue weighted by molar-refractivity contribution is 6.52. The molecule has 0 spiro atoms. The third-order valence-electron chi connectivity index (χ3n) is 7.27. The van der Waals surface area contributed by atoms with E-state index in [1.807, 2.05) is 30.5 Å². The molecule has 4 rings (SSSR count). The first kappa shape index (κ1) is 24.6. The predicted molar refractivity (Wildman–Crippen MR) is 135 cm³/mol. The van der Waals surface area contributed by atoms with Gasteiger partial charge in [0, 0.05) is 56.1 Å². The maximum atomic E-state index is 13.2. The minimum atomic E-state index is -0.634. The van der Waals surface area contributed by atoms with Crippen LogP contribution < -0.4 is 11.0 Å². The van der Waals surface area contributed by atoms with Crippen molar-refractivity contribution < 1.29 is 9.82 Å². The summed E-state index contributed by atoms with van der Waals surface area (Å²) in [5.74, 6) is 1.89. The van der Waals surface area contributed by atoms with Crippen LogP contribution in [0.4, 0.5) is 5.82 Å². The standard InChI is InChI=1S/C25H37BN6O2/c1-26(34)30-24-16-19(5-11-29-24)18-31-12-6-21(7-13-31)25(33)32-14-8-20(9-15-32)22(17-27)23-4-2-3-10-28-23/h2-5,10-11,16,20-22,34H,6-9,12-15,17-18,27H2,1H3,(H,29,30). The third-order valence-corrected chi connectivity index (χ3v) is 7.27. The fourth-order valence-electron chi connectivity index (χ4n) is 5.39. The molecule has 2 aliphatic heterocycles. The van der Waals surface area contributed by atoms with E-state index in [4.69, 9.17) is 5.73 Å². The van der Waals surface area contributed by atoms with Gasteiger partial charge in [0.2, 0.25) is 5.91 Å². The second-order valence-corrected chi connectivity index (χ2v) is 9.68. The average molecular weight is 464 g/mol. The summed E-state index contributed by atoms with van der Waals surface area (Å²) in [6.07, 6.45) is 7.40. The molecule has 34 heavy (non-hydrogen) atoms. The number of anilines is 1. The van der Waals surface area contributed by atoms with Gasteiger partial charge >= 0.3 is 7.05 Å². The van der Waals surface area contributed by atoms with Crippen molar-refractivity contribution in [1.82, 2.24) is 19.8 Å². The Morgan fingerprint density at radius 3 is 2.56 bits per heavy atom. The lowest BCUT2D eigenvalue weighted by atomic mass is 9.81. The molecule has 182 valence electrons. The SMILES string of the molecule is CB(O)Nc1cc(CN2CCC(C(=O)N3CCC(C(CN)c4ccccn4)CC3)CC2)ccn1. The van der Waals surface area contributed by atoms with Gasteiger partial charge in [-0.1, -0.05) is 6.07 Å². The highest BCUT2D eigenvalue weighted by Gasteiger charge is 2.33. The maximum Gasteiger partial charge on any atom is 0.408 e. The molecule has 0 aromatic carbocycles. The van der Waals surface area contributed by atoms with Gasteiger partial charge in [0.05, 0.1) is 0 Å². The number of carbonyl (C=O) groups excluding carboxylic acids is 1. The van der Waals surface area contributed by atoms with E-state index >= 15 is 0 Å². The number of rotatable bonds is 8. The molecule has 8 nitrogen and oxygen atoms in total. The van der Waals surface area contributed by atoms with Crippen LogP contribution >= 0.6 is 0 Å². The zero-order valence-electron chi connectivity index (χ0n) is 20.1. The number of likely N-dealkylation sites (tertiary alicyclic amines) is 2. The molecule has 0 aliphatic carbocycles. The van der Waals surface area contributed by atoms with Crippen molar-refractivity contribution in [3.05, 3.63) is 54.0 Å². The Balaban J connectivity index is 1.23. The molecular weight excluding hydrogens is 427 g/mol. The average Bonchev–Trinajstić information content (AvgIpc) is 2.85. The molecule has 1 atom stereocenters. The number of amides is 1. The molecule has 9 heteroatoms. The molecule has 0 radical (unpaired) electrons. The first-order chi connectivity index (χ1) is 16.5. The van der Waals surface area contributed by atoms with Gasteiger partial charge < -0.3 is 20.9 Å². The topological polar surface area (TPSA) is 108 Å². The second-order valence-electron chi connectivity index (χ2n) is 9.68. The van der Waals surface area contributed by atoms with Crippen LogP contribution in [-0.4, -0.2) is 70.5 Å². The van der Waals surface area contributed by atoms with Gasteiger partial charge in [-0.05, 0) is 81.3 Å². The van der Waals surface area contributed by atoms with Gasteiger partial charge in [0.1, 0.15) is 5.82 Å². The van der Waals surface area contributed by atoms with Gasteiger partial charge in [-0.2, -0.15) is 0 Å². The molecule has 0 saturated carbocycles. The van der Waals surface area contributed by atoms with E-state index in [1.54, 1.807) is 13.0 Å². The molecule has 1 amide bonds. The van der Waals surface area contributed by atoms with Crippen LogP contribution in [0, 0.1) is 11.8 Å². The number of carbonyl (C=O) groups is 1. The predicted octanol–water partition coefficient (Wildman–Crippen LogP) is 2.19. The summed E-state index contributed by atoms with van der Waals surface area (Å²) in [4.78, 5) is 26.5. The number of aromatic nitrogens is 2. The zero-order chi connectivity index (χ0) is 23.9. The number of hydrogen-bond acceptors (Lipinski definition) is 7. The highest BCUT2D eigenvalue weighted by Crippen LogP contribution is 2.32. The summed E-state index contributed by atoms with van der Waals surface area (Å²) >= 11 is 0. The monoisotopic (exact) mass is 464 g/mol. The molecule has 2 aromatic heterocycles. The van der Waals surface area contributed by atoms with Crippen molar-refractivity contribution in [2.24, 2.45) is 17.6 Å². The lowest BCUT2D eigenvalue weighted by molar-refractivity contribution is -0.138. The number of nitrogens with one attached hydrogen (secondary N) is 1. The van der Waals surface area contributed by atoms with Crippen LogP contribution in [0.5, 0.6) is 0 Å². The smallest absolute Gasteiger partial charge is 0.408 e. The Labute approximate surface area is 203 Å². The van der Waals surface area contributed by atoms with E-state index in [2.05, 4.69) is 31.1 Å². The largest absolute Gasteiger partial charge is 0.433 e. The van der Waals surface area contributed by atoms with Crippen LogP contribution in [0.1, 0.15) is 42.9 Å². The van der Waals surface area contributed by atoms with Crippen molar-refractivity contribution in [1.29, 1.82) is 0 Å². The summed E-state index contributed by atoms with van der Waals surface area (Å²) in [5.41, 5.74) is 8.34. The van der Waals surface area contributed by atoms with Crippen molar-refractivity contribution in [3.63, 3.8) is 0 Å². The van der Waals surface area contributed by atoms with E-state index in [9.17, 15) is 9.82 Å². The molecule has 2 aromatic rings. The van der Waals surface area contributed by atoms with Crippen molar-refractivity contribution >= 4 is 18.8 Å². The summed E-state index contributed by atoms with van der Waals surface area (Å²) < 4.78 is 0. The summed E-state index contributed by atoms with van der Waals surface area (Å²) in [6, 6.07) is 10.0. The molecule has 2 fully saturated rings. The van der Waals surface area contributed by atoms with E-state index in [0.29, 0.717) is 24.2 Å². The molecule has 2 saturated heterocycles. The summed E-state index contributed by atoms with van der Waals surface area (Å²) in [7, 11) is -0.634. The van der Waals surface area contributed by atoms with Crippen molar-refractivity contribution in [3.8, 4) is 0 Å². The highest BCUT2D eigenvalue weighted by atomic mass is 16.2. The number of pyridine rings is 2. The van der Waals surface area contributed by atoms with E-state index < -0.39 is 7.05 Å². The second kappa shape index (κ2) is 11.8. The van der Waals surface area contributed by atoms with Crippen molar-refractivity contribution in [2.45, 2.75) is 45.0 Å². The fraction of sp³-hybridized carbons (Fsp3) is 0.560.